The molecule has 0 bridgehead atoms. The molecule has 176 valence electrons. The minimum absolute atomic E-state index is 0.0473. The zero-order chi connectivity index (χ0) is 22.7. The molecule has 32 heavy (non-hydrogen) atoms. The fraction of sp³-hybridized carbons (Fsp3) is 0.667. The van der Waals surface area contributed by atoms with Gasteiger partial charge < -0.3 is 24.2 Å². The van der Waals surface area contributed by atoms with Crippen LogP contribution in [-0.2, 0) is 14.9 Å². The number of para-hydroxylation sites is 1. The molecule has 8 nitrogen and oxygen atoms in total. The molecule has 3 aliphatic rings. The van der Waals surface area contributed by atoms with Crippen molar-refractivity contribution in [2.24, 2.45) is 5.92 Å². The van der Waals surface area contributed by atoms with Crippen molar-refractivity contribution >= 4 is 17.8 Å². The van der Waals surface area contributed by atoms with E-state index in [1.807, 2.05) is 30.0 Å². The number of carbonyl (C=O) groups is 2. The largest absolute Gasteiger partial charge is 0.447 e. The van der Waals surface area contributed by atoms with E-state index in [1.54, 1.807) is 12.0 Å². The third kappa shape index (κ3) is 4.57. The van der Waals surface area contributed by atoms with E-state index in [0.29, 0.717) is 19.1 Å². The average molecular weight is 445 g/mol. The Morgan fingerprint density at radius 2 is 1.88 bits per heavy atom. The maximum Gasteiger partial charge on any atom is 0.409 e. The van der Waals surface area contributed by atoms with Gasteiger partial charge in [0, 0.05) is 58.5 Å². The third-order valence-corrected chi connectivity index (χ3v) is 7.23. The molecule has 0 saturated carbocycles. The quantitative estimate of drug-likeness (QED) is 0.654. The summed E-state index contributed by atoms with van der Waals surface area (Å²) >= 11 is 0. The van der Waals surface area contributed by atoms with Gasteiger partial charge in [-0.2, -0.15) is 0 Å². The zero-order valence-electron chi connectivity index (χ0n) is 19.6. The van der Waals surface area contributed by atoms with Crippen LogP contribution >= 0.6 is 0 Å². The fourth-order valence-corrected chi connectivity index (χ4v) is 5.45. The first-order valence-electron chi connectivity index (χ1n) is 11.6. The van der Waals surface area contributed by atoms with E-state index in [1.165, 1.54) is 5.56 Å². The smallest absolute Gasteiger partial charge is 0.409 e. The van der Waals surface area contributed by atoms with E-state index in [9.17, 15) is 9.59 Å². The Kier molecular flexibility index (Phi) is 6.90. The van der Waals surface area contributed by atoms with Gasteiger partial charge >= 0.3 is 12.1 Å². The number of nitrogens with zero attached hydrogens (tertiary/aromatic N) is 4. The van der Waals surface area contributed by atoms with Crippen LogP contribution in [0.1, 0.15) is 24.8 Å². The summed E-state index contributed by atoms with van der Waals surface area (Å²) in [6, 6.07) is 8.46. The predicted octanol–water partition coefficient (Wildman–Crippen LogP) is 2.63. The van der Waals surface area contributed by atoms with E-state index >= 15 is 0 Å². The molecule has 1 atom stereocenters. The molecule has 0 unspecified atom stereocenters. The number of piperidine rings is 1. The van der Waals surface area contributed by atoms with Crippen molar-refractivity contribution in [1.29, 1.82) is 0 Å². The van der Waals surface area contributed by atoms with Crippen LogP contribution in [0.25, 0.3) is 0 Å². The first-order valence-corrected chi connectivity index (χ1v) is 11.6. The molecule has 1 spiro atoms. The highest BCUT2D eigenvalue weighted by Gasteiger charge is 2.46. The van der Waals surface area contributed by atoms with Gasteiger partial charge in [-0.15, -0.1) is 0 Å². The van der Waals surface area contributed by atoms with Crippen molar-refractivity contribution in [3.05, 3.63) is 29.8 Å². The maximum absolute atomic E-state index is 12.8. The van der Waals surface area contributed by atoms with Gasteiger partial charge in [0.25, 0.3) is 0 Å². The highest BCUT2D eigenvalue weighted by Crippen LogP contribution is 2.47. The normalized spacial score (nSPS) is 22.3. The van der Waals surface area contributed by atoms with Gasteiger partial charge in [-0.3, -0.25) is 4.90 Å². The van der Waals surface area contributed by atoms with Crippen LogP contribution in [0.3, 0.4) is 0 Å². The second-order valence-corrected chi connectivity index (χ2v) is 9.57. The zero-order valence-corrected chi connectivity index (χ0v) is 19.6. The summed E-state index contributed by atoms with van der Waals surface area (Å²) in [6.07, 6.45) is 2.90. The molecule has 2 fully saturated rings. The summed E-state index contributed by atoms with van der Waals surface area (Å²) in [5.41, 5.74) is 2.43. The Bertz CT molecular complexity index is 822. The molecule has 3 aliphatic heterocycles. The predicted molar refractivity (Wildman–Crippen MR) is 123 cm³/mol. The van der Waals surface area contributed by atoms with Gasteiger partial charge in [0.15, 0.2) is 0 Å². The number of anilines is 1. The standard InChI is InChI=1S/C24H36N4O4/c1-25(2)22(29)28-18-24(20-6-4-5-7-21(20)28)9-12-26(13-10-24)16-19-8-11-27(17-19)23(30)32-15-14-31-3/h4-7,19H,8-18H2,1-3H3/t19-/m1/s1. The van der Waals surface area contributed by atoms with Crippen molar-refractivity contribution in [3.8, 4) is 0 Å². The number of methoxy groups -OCH3 is 1. The Balaban J connectivity index is 1.32. The van der Waals surface area contributed by atoms with Crippen LogP contribution in [0.15, 0.2) is 24.3 Å². The number of rotatable bonds is 5. The van der Waals surface area contributed by atoms with Gasteiger partial charge in [-0.05, 0) is 49.9 Å². The highest BCUT2D eigenvalue weighted by atomic mass is 16.6. The Labute approximate surface area is 191 Å². The lowest BCUT2D eigenvalue weighted by Crippen LogP contribution is -2.48. The molecule has 3 heterocycles. The fourth-order valence-electron chi connectivity index (χ4n) is 5.45. The van der Waals surface area contributed by atoms with Crippen LogP contribution < -0.4 is 4.90 Å². The Hall–Kier alpha value is -2.32. The Morgan fingerprint density at radius 1 is 1.12 bits per heavy atom. The molecule has 1 aromatic carbocycles. The lowest BCUT2D eigenvalue weighted by Gasteiger charge is -2.40. The molecule has 0 aliphatic carbocycles. The number of ether oxygens (including phenoxy) is 2. The van der Waals surface area contributed by atoms with Crippen LogP contribution in [0, 0.1) is 5.92 Å². The number of benzene rings is 1. The SMILES string of the molecule is COCCOC(=O)N1CC[C@H](CN2CCC3(CC2)CN(C(=O)N(C)C)c2ccccc23)C1. The summed E-state index contributed by atoms with van der Waals surface area (Å²) in [7, 11) is 5.23. The van der Waals surface area contributed by atoms with Gasteiger partial charge in [0.1, 0.15) is 6.61 Å². The van der Waals surface area contributed by atoms with Crippen LogP contribution in [0.5, 0.6) is 0 Å². The van der Waals surface area contributed by atoms with Gasteiger partial charge in [0.05, 0.1) is 6.61 Å². The van der Waals surface area contributed by atoms with Crippen molar-refractivity contribution in [2.45, 2.75) is 24.7 Å². The van der Waals surface area contributed by atoms with E-state index in [2.05, 4.69) is 23.1 Å². The van der Waals surface area contributed by atoms with Crippen molar-refractivity contribution in [3.63, 3.8) is 0 Å². The minimum Gasteiger partial charge on any atom is -0.447 e. The second kappa shape index (κ2) is 9.67. The van der Waals surface area contributed by atoms with E-state index in [-0.39, 0.29) is 17.5 Å². The van der Waals surface area contributed by atoms with Gasteiger partial charge in [0.2, 0.25) is 0 Å². The van der Waals surface area contributed by atoms with E-state index in [4.69, 9.17) is 9.47 Å². The summed E-state index contributed by atoms with van der Waals surface area (Å²) in [5.74, 6) is 0.488. The summed E-state index contributed by atoms with van der Waals surface area (Å²) < 4.78 is 10.2. The summed E-state index contributed by atoms with van der Waals surface area (Å²) in [5, 5.41) is 0. The number of likely N-dealkylation sites (tertiary alicyclic amines) is 2. The topological polar surface area (TPSA) is 65.6 Å². The van der Waals surface area contributed by atoms with E-state index in [0.717, 1.165) is 64.2 Å². The molecular formula is C24H36N4O4. The molecule has 4 rings (SSSR count). The molecule has 8 heteroatoms. The van der Waals surface area contributed by atoms with Gasteiger partial charge in [-0.25, -0.2) is 9.59 Å². The molecule has 3 amide bonds. The number of amides is 3. The lowest BCUT2D eigenvalue weighted by molar-refractivity contribution is 0.0751. The molecule has 0 aromatic heterocycles. The number of hydrogen-bond donors (Lipinski definition) is 0. The first kappa shape index (κ1) is 22.9. The average Bonchev–Trinajstić information content (AvgIpc) is 3.39. The molecule has 2 saturated heterocycles. The molecule has 0 radical (unpaired) electrons. The maximum atomic E-state index is 12.8. The number of urea groups is 1. The minimum atomic E-state index is -0.227. The molecular weight excluding hydrogens is 408 g/mol. The number of carbonyl (C=O) groups excluding carboxylic acids is 2. The van der Waals surface area contributed by atoms with Crippen molar-refractivity contribution in [1.82, 2.24) is 14.7 Å². The molecule has 1 aromatic rings. The Morgan fingerprint density at radius 3 is 2.59 bits per heavy atom. The third-order valence-electron chi connectivity index (χ3n) is 7.23. The lowest BCUT2D eigenvalue weighted by atomic mass is 9.74. The summed E-state index contributed by atoms with van der Waals surface area (Å²) in [4.78, 5) is 32.9. The van der Waals surface area contributed by atoms with Gasteiger partial charge in [-0.1, -0.05) is 18.2 Å². The number of hydrogen-bond acceptors (Lipinski definition) is 5. The van der Waals surface area contributed by atoms with E-state index < -0.39 is 0 Å². The van der Waals surface area contributed by atoms with Crippen molar-refractivity contribution < 1.29 is 19.1 Å². The van der Waals surface area contributed by atoms with Crippen LogP contribution in [0.2, 0.25) is 0 Å². The van der Waals surface area contributed by atoms with Crippen LogP contribution in [-0.4, -0.2) is 101 Å². The molecule has 0 N–H and O–H groups in total. The number of fused-ring (bicyclic) bond motifs is 2. The van der Waals surface area contributed by atoms with Crippen molar-refractivity contribution in [2.75, 3.05) is 78.6 Å². The second-order valence-electron chi connectivity index (χ2n) is 9.57. The highest BCUT2D eigenvalue weighted by molar-refractivity contribution is 5.95. The van der Waals surface area contributed by atoms with Crippen LogP contribution in [0.4, 0.5) is 15.3 Å². The first-order chi connectivity index (χ1) is 15.4. The monoisotopic (exact) mass is 444 g/mol. The summed E-state index contributed by atoms with van der Waals surface area (Å²) in [6.45, 7) is 6.09.